The van der Waals surface area contributed by atoms with Crippen LogP contribution in [0.5, 0.6) is 0 Å². The standard InChI is InChI=1S/C37H46N6/c1-5-8-27-42(4)36-23-19-34(20-24-36)40-38-32-15-11-30(12-16-32)31-13-17-33(18-14-31)39-41-35-21-25-37(26-22-35)43(28-9-6-2)29-10-7-3/h11-26H,5-10,27-29H2,1-4H3/b40-38+,41-39+. The first-order chi connectivity index (χ1) is 21.1. The second-order valence-corrected chi connectivity index (χ2v) is 11.0. The van der Waals surface area contributed by atoms with E-state index in [-0.39, 0.29) is 0 Å². The van der Waals surface area contributed by atoms with Gasteiger partial charge in [0.25, 0.3) is 0 Å². The van der Waals surface area contributed by atoms with Crippen LogP contribution in [0.2, 0.25) is 0 Å². The predicted molar refractivity (Wildman–Crippen MR) is 183 cm³/mol. The summed E-state index contributed by atoms with van der Waals surface area (Å²) in [6, 6.07) is 33.0. The van der Waals surface area contributed by atoms with E-state index in [0.717, 1.165) is 53.5 Å². The molecular formula is C37H46N6. The number of hydrogen-bond acceptors (Lipinski definition) is 6. The fourth-order valence-corrected chi connectivity index (χ4v) is 4.77. The first-order valence-electron chi connectivity index (χ1n) is 15.8. The van der Waals surface area contributed by atoms with Gasteiger partial charge in [-0.15, -0.1) is 0 Å². The van der Waals surface area contributed by atoms with Gasteiger partial charge >= 0.3 is 0 Å². The molecule has 0 saturated carbocycles. The van der Waals surface area contributed by atoms with E-state index in [1.807, 2.05) is 36.4 Å². The third kappa shape index (κ3) is 9.88. The van der Waals surface area contributed by atoms with Crippen molar-refractivity contribution in [1.29, 1.82) is 0 Å². The van der Waals surface area contributed by atoms with Gasteiger partial charge in [0.1, 0.15) is 0 Å². The summed E-state index contributed by atoms with van der Waals surface area (Å²) in [5.74, 6) is 0. The third-order valence-electron chi connectivity index (χ3n) is 7.55. The van der Waals surface area contributed by atoms with Crippen LogP contribution in [0.25, 0.3) is 11.1 Å². The van der Waals surface area contributed by atoms with Crippen molar-refractivity contribution in [2.75, 3.05) is 36.5 Å². The molecule has 0 aliphatic rings. The van der Waals surface area contributed by atoms with Crippen LogP contribution in [0.15, 0.2) is 118 Å². The number of benzene rings is 4. The second kappa shape index (κ2) is 17.0. The number of hydrogen-bond donors (Lipinski definition) is 0. The van der Waals surface area contributed by atoms with Crippen molar-refractivity contribution in [2.24, 2.45) is 20.5 Å². The summed E-state index contributed by atoms with van der Waals surface area (Å²) in [6.07, 6.45) is 7.22. The quantitative estimate of drug-likeness (QED) is 0.125. The lowest BCUT2D eigenvalue weighted by molar-refractivity contribution is 0.678. The molecule has 0 atom stereocenters. The maximum atomic E-state index is 4.47. The van der Waals surface area contributed by atoms with Crippen LogP contribution in [0, 0.1) is 0 Å². The summed E-state index contributed by atoms with van der Waals surface area (Å²) >= 11 is 0. The molecule has 0 heterocycles. The van der Waals surface area contributed by atoms with E-state index in [0.29, 0.717) is 0 Å². The van der Waals surface area contributed by atoms with E-state index in [1.165, 1.54) is 49.9 Å². The number of rotatable bonds is 16. The topological polar surface area (TPSA) is 55.9 Å². The molecule has 0 amide bonds. The van der Waals surface area contributed by atoms with Gasteiger partial charge < -0.3 is 9.80 Å². The van der Waals surface area contributed by atoms with Crippen LogP contribution in [0.1, 0.15) is 59.3 Å². The Kier molecular flexibility index (Phi) is 12.5. The largest absolute Gasteiger partial charge is 0.375 e. The molecule has 6 nitrogen and oxygen atoms in total. The fraction of sp³-hybridized carbons (Fsp3) is 0.351. The lowest BCUT2D eigenvalue weighted by Crippen LogP contribution is -2.25. The Morgan fingerprint density at radius 1 is 0.419 bits per heavy atom. The molecule has 0 aliphatic carbocycles. The van der Waals surface area contributed by atoms with Crippen molar-refractivity contribution < 1.29 is 0 Å². The maximum Gasteiger partial charge on any atom is 0.0858 e. The number of anilines is 2. The minimum Gasteiger partial charge on any atom is -0.375 e. The zero-order chi connectivity index (χ0) is 30.3. The SMILES string of the molecule is CCCCN(C)c1ccc(/N=N/c2ccc(-c3ccc(/N=N/c4ccc(N(CCCC)CCCC)cc4)cc3)cc2)cc1. The Morgan fingerprint density at radius 2 is 0.744 bits per heavy atom. The van der Waals surface area contributed by atoms with E-state index < -0.39 is 0 Å². The minimum absolute atomic E-state index is 0.822. The maximum absolute atomic E-state index is 4.47. The molecule has 0 N–H and O–H groups in total. The van der Waals surface area contributed by atoms with Crippen LogP contribution in [-0.2, 0) is 0 Å². The van der Waals surface area contributed by atoms with Crippen molar-refractivity contribution in [1.82, 2.24) is 0 Å². The van der Waals surface area contributed by atoms with Crippen LogP contribution >= 0.6 is 0 Å². The van der Waals surface area contributed by atoms with E-state index in [2.05, 4.69) is 119 Å². The summed E-state index contributed by atoms with van der Waals surface area (Å²) < 4.78 is 0. The Morgan fingerprint density at radius 3 is 1.12 bits per heavy atom. The molecule has 0 fully saturated rings. The second-order valence-electron chi connectivity index (χ2n) is 11.0. The highest BCUT2D eigenvalue weighted by Gasteiger charge is 2.06. The molecule has 0 unspecified atom stereocenters. The summed E-state index contributed by atoms with van der Waals surface area (Å²) in [6.45, 7) is 9.96. The van der Waals surface area contributed by atoms with Gasteiger partial charge in [-0.2, -0.15) is 20.5 Å². The zero-order valence-electron chi connectivity index (χ0n) is 26.3. The van der Waals surface area contributed by atoms with Crippen LogP contribution < -0.4 is 9.80 Å². The Balaban J connectivity index is 1.32. The molecule has 6 heteroatoms. The van der Waals surface area contributed by atoms with Crippen LogP contribution in [-0.4, -0.2) is 26.7 Å². The van der Waals surface area contributed by atoms with Gasteiger partial charge in [-0.3, -0.25) is 0 Å². The number of azo groups is 2. The van der Waals surface area contributed by atoms with Gasteiger partial charge in [-0.1, -0.05) is 64.3 Å². The minimum atomic E-state index is 0.822. The van der Waals surface area contributed by atoms with Crippen molar-refractivity contribution in [2.45, 2.75) is 59.3 Å². The Bertz CT molecular complexity index is 1400. The van der Waals surface area contributed by atoms with E-state index in [4.69, 9.17) is 0 Å². The molecule has 0 bridgehead atoms. The lowest BCUT2D eigenvalue weighted by atomic mass is 10.1. The first-order valence-corrected chi connectivity index (χ1v) is 15.8. The summed E-state index contributed by atoms with van der Waals surface area (Å²) in [5.41, 5.74) is 8.05. The van der Waals surface area contributed by atoms with E-state index in [1.54, 1.807) is 0 Å². The number of unbranched alkanes of at least 4 members (excludes halogenated alkanes) is 3. The summed E-state index contributed by atoms with van der Waals surface area (Å²) in [7, 11) is 2.13. The van der Waals surface area contributed by atoms with Crippen molar-refractivity contribution in [3.63, 3.8) is 0 Å². The Hall–Kier alpha value is -4.32. The van der Waals surface area contributed by atoms with Crippen molar-refractivity contribution in [3.05, 3.63) is 97.1 Å². The molecule has 4 rings (SSSR count). The first kappa shape index (κ1) is 31.6. The monoisotopic (exact) mass is 574 g/mol. The fourth-order valence-electron chi connectivity index (χ4n) is 4.77. The Labute approximate surface area is 258 Å². The third-order valence-corrected chi connectivity index (χ3v) is 7.55. The number of nitrogens with zero attached hydrogens (tertiary/aromatic N) is 6. The van der Waals surface area contributed by atoms with Gasteiger partial charge in [0.15, 0.2) is 0 Å². The van der Waals surface area contributed by atoms with Gasteiger partial charge in [0, 0.05) is 38.1 Å². The average molecular weight is 575 g/mol. The lowest BCUT2D eigenvalue weighted by Gasteiger charge is -2.24. The molecule has 0 aliphatic heterocycles. The highest BCUT2D eigenvalue weighted by molar-refractivity contribution is 5.67. The highest BCUT2D eigenvalue weighted by atomic mass is 15.1. The molecule has 4 aromatic rings. The van der Waals surface area contributed by atoms with Gasteiger partial charge in [0.2, 0.25) is 0 Å². The van der Waals surface area contributed by atoms with Gasteiger partial charge in [0.05, 0.1) is 22.7 Å². The average Bonchev–Trinajstić information content (AvgIpc) is 3.06. The normalized spacial score (nSPS) is 11.4. The van der Waals surface area contributed by atoms with Crippen molar-refractivity contribution >= 4 is 34.1 Å². The molecule has 0 radical (unpaired) electrons. The molecule has 4 aromatic carbocycles. The summed E-state index contributed by atoms with van der Waals surface area (Å²) in [5, 5.41) is 17.8. The molecular weight excluding hydrogens is 528 g/mol. The van der Waals surface area contributed by atoms with Crippen LogP contribution in [0.3, 0.4) is 0 Å². The molecule has 0 spiro atoms. The predicted octanol–water partition coefficient (Wildman–Crippen LogP) is 11.8. The van der Waals surface area contributed by atoms with Crippen LogP contribution in [0.4, 0.5) is 34.1 Å². The molecule has 224 valence electrons. The smallest absolute Gasteiger partial charge is 0.0858 e. The van der Waals surface area contributed by atoms with E-state index >= 15 is 0 Å². The van der Waals surface area contributed by atoms with Gasteiger partial charge in [-0.05, 0) is 103 Å². The van der Waals surface area contributed by atoms with Gasteiger partial charge in [-0.25, -0.2) is 0 Å². The highest BCUT2D eigenvalue weighted by Crippen LogP contribution is 2.28. The molecule has 43 heavy (non-hydrogen) atoms. The zero-order valence-corrected chi connectivity index (χ0v) is 26.3. The van der Waals surface area contributed by atoms with E-state index in [9.17, 15) is 0 Å². The molecule has 0 aromatic heterocycles. The summed E-state index contributed by atoms with van der Waals surface area (Å²) in [4.78, 5) is 4.75. The van der Waals surface area contributed by atoms with Crippen molar-refractivity contribution in [3.8, 4) is 11.1 Å². The molecule has 0 saturated heterocycles.